The van der Waals surface area contributed by atoms with Gasteiger partial charge < -0.3 is 23.7 Å². The van der Waals surface area contributed by atoms with E-state index in [1.54, 1.807) is 6.07 Å². The Morgan fingerprint density at radius 2 is 1.79 bits per heavy atom. The molecule has 2 heterocycles. The van der Waals surface area contributed by atoms with Gasteiger partial charge in [0.25, 0.3) is 0 Å². The summed E-state index contributed by atoms with van der Waals surface area (Å²) in [6.45, 7) is 2.04. The molecular formula is C31H31FO6. The molecule has 1 fully saturated rings. The zero-order chi connectivity index (χ0) is 26.1. The molecule has 3 aromatic carbocycles. The van der Waals surface area contributed by atoms with Crippen molar-refractivity contribution in [2.75, 3.05) is 26.9 Å². The zero-order valence-electron chi connectivity index (χ0n) is 21.4. The monoisotopic (exact) mass is 518 g/mol. The lowest BCUT2D eigenvalue weighted by Gasteiger charge is -2.22. The molecule has 1 aliphatic carbocycles. The Labute approximate surface area is 221 Å². The standard InChI is InChI=1S/C31H31FO6/c1-34-30(33)16-21-18-36-29-17-23(6-7-24(21)29)38-28-10-8-25-27(11-9-26(32)31(25)28)37-22-4-2-19(3-5-22)20-12-14-35-15-13-20/h2-7,9,11,17,20-21,28H,8,10,12-16,18H2,1H3/t21?,28-/m1/s1. The first-order valence-corrected chi connectivity index (χ1v) is 13.3. The van der Waals surface area contributed by atoms with Gasteiger partial charge in [-0.1, -0.05) is 18.2 Å². The molecule has 0 saturated carbocycles. The molecule has 38 heavy (non-hydrogen) atoms. The Morgan fingerprint density at radius 1 is 1.00 bits per heavy atom. The molecule has 0 N–H and O–H groups in total. The van der Waals surface area contributed by atoms with E-state index in [1.807, 2.05) is 30.3 Å². The molecule has 7 heteroatoms. The van der Waals surface area contributed by atoms with Gasteiger partial charge >= 0.3 is 5.97 Å². The summed E-state index contributed by atoms with van der Waals surface area (Å²) >= 11 is 0. The highest BCUT2D eigenvalue weighted by atomic mass is 19.1. The average Bonchev–Trinajstić information content (AvgIpc) is 3.56. The zero-order valence-corrected chi connectivity index (χ0v) is 21.4. The van der Waals surface area contributed by atoms with Gasteiger partial charge in [-0.2, -0.15) is 0 Å². The van der Waals surface area contributed by atoms with Gasteiger partial charge in [-0.15, -0.1) is 0 Å². The second-order valence-corrected chi connectivity index (χ2v) is 10.1. The van der Waals surface area contributed by atoms with Gasteiger partial charge in [-0.3, -0.25) is 4.79 Å². The van der Waals surface area contributed by atoms with Crippen LogP contribution in [0.2, 0.25) is 0 Å². The third kappa shape index (κ3) is 4.95. The Kier molecular flexibility index (Phi) is 6.94. The highest BCUT2D eigenvalue weighted by Gasteiger charge is 2.32. The summed E-state index contributed by atoms with van der Waals surface area (Å²) in [4.78, 5) is 11.7. The third-order valence-electron chi connectivity index (χ3n) is 7.82. The van der Waals surface area contributed by atoms with Gasteiger partial charge in [0.2, 0.25) is 0 Å². The summed E-state index contributed by atoms with van der Waals surface area (Å²) in [6, 6.07) is 17.0. The van der Waals surface area contributed by atoms with Gasteiger partial charge in [-0.05, 0) is 67.5 Å². The van der Waals surface area contributed by atoms with Gasteiger partial charge in [0, 0.05) is 41.9 Å². The Balaban J connectivity index is 1.16. The number of ether oxygens (including phenoxy) is 5. The van der Waals surface area contributed by atoms with Gasteiger partial charge in [-0.25, -0.2) is 4.39 Å². The van der Waals surface area contributed by atoms with Crippen molar-refractivity contribution in [1.29, 1.82) is 0 Å². The van der Waals surface area contributed by atoms with Crippen LogP contribution in [0.1, 0.15) is 65.9 Å². The first-order valence-electron chi connectivity index (χ1n) is 13.3. The molecule has 1 saturated heterocycles. The number of halogens is 1. The number of methoxy groups -OCH3 is 1. The fourth-order valence-electron chi connectivity index (χ4n) is 5.77. The van der Waals surface area contributed by atoms with Crippen LogP contribution in [0.15, 0.2) is 54.6 Å². The molecular weight excluding hydrogens is 487 g/mol. The second kappa shape index (κ2) is 10.7. The highest BCUT2D eigenvalue weighted by molar-refractivity contribution is 5.71. The maximum atomic E-state index is 15.0. The van der Waals surface area contributed by atoms with Gasteiger partial charge in [0.1, 0.15) is 34.9 Å². The predicted molar refractivity (Wildman–Crippen MR) is 139 cm³/mol. The van der Waals surface area contributed by atoms with E-state index in [4.69, 9.17) is 23.7 Å². The lowest BCUT2D eigenvalue weighted by molar-refractivity contribution is -0.141. The van der Waals surface area contributed by atoms with Crippen LogP contribution in [0.5, 0.6) is 23.0 Å². The summed E-state index contributed by atoms with van der Waals surface area (Å²) in [5.41, 5.74) is 3.65. The minimum atomic E-state index is -0.422. The molecule has 6 nitrogen and oxygen atoms in total. The smallest absolute Gasteiger partial charge is 0.306 e. The summed E-state index contributed by atoms with van der Waals surface area (Å²) in [6.07, 6.45) is 3.24. The number of hydrogen-bond donors (Lipinski definition) is 0. The number of fused-ring (bicyclic) bond motifs is 2. The van der Waals surface area contributed by atoms with E-state index >= 15 is 4.39 Å². The molecule has 6 rings (SSSR count). The fraction of sp³-hybridized carbons (Fsp3) is 0.387. The van der Waals surface area contributed by atoms with E-state index < -0.39 is 6.10 Å². The van der Waals surface area contributed by atoms with Crippen molar-refractivity contribution in [1.82, 2.24) is 0 Å². The number of esters is 1. The number of hydrogen-bond acceptors (Lipinski definition) is 6. The quantitative estimate of drug-likeness (QED) is 0.328. The fourth-order valence-corrected chi connectivity index (χ4v) is 5.77. The van der Waals surface area contributed by atoms with E-state index in [2.05, 4.69) is 12.1 Å². The maximum absolute atomic E-state index is 15.0. The lowest BCUT2D eigenvalue weighted by Crippen LogP contribution is -2.13. The van der Waals surface area contributed by atoms with Crippen LogP contribution in [-0.4, -0.2) is 32.9 Å². The number of carbonyl (C=O) groups is 1. The maximum Gasteiger partial charge on any atom is 0.306 e. The average molecular weight is 519 g/mol. The molecule has 0 aromatic heterocycles. The third-order valence-corrected chi connectivity index (χ3v) is 7.82. The summed E-state index contributed by atoms with van der Waals surface area (Å²) in [7, 11) is 1.38. The van der Waals surface area contributed by atoms with Crippen molar-refractivity contribution in [3.05, 3.63) is 82.7 Å². The van der Waals surface area contributed by atoms with Crippen LogP contribution >= 0.6 is 0 Å². The topological polar surface area (TPSA) is 63.2 Å². The van der Waals surface area contributed by atoms with Crippen LogP contribution in [0.3, 0.4) is 0 Å². The first kappa shape index (κ1) is 24.7. The van der Waals surface area contributed by atoms with Crippen LogP contribution < -0.4 is 14.2 Å². The van der Waals surface area contributed by atoms with Crippen LogP contribution in [-0.2, 0) is 20.7 Å². The van der Waals surface area contributed by atoms with Gasteiger partial charge in [0.15, 0.2) is 0 Å². The van der Waals surface area contributed by atoms with Crippen LogP contribution in [0, 0.1) is 5.82 Å². The SMILES string of the molecule is COC(=O)CC1COc2cc(O[C@@H]3CCc4c(Oc5ccc(C6CCOCC6)cc5)ccc(F)c43)ccc21. The van der Waals surface area contributed by atoms with Crippen molar-refractivity contribution in [3.63, 3.8) is 0 Å². The van der Waals surface area contributed by atoms with Crippen molar-refractivity contribution >= 4 is 5.97 Å². The van der Waals surface area contributed by atoms with Crippen LogP contribution in [0.4, 0.5) is 4.39 Å². The van der Waals surface area contributed by atoms with E-state index in [0.29, 0.717) is 48.2 Å². The predicted octanol–water partition coefficient (Wildman–Crippen LogP) is 6.62. The summed E-state index contributed by atoms with van der Waals surface area (Å²) in [5, 5.41) is 0. The minimum Gasteiger partial charge on any atom is -0.492 e. The highest BCUT2D eigenvalue weighted by Crippen LogP contribution is 2.44. The Morgan fingerprint density at radius 3 is 2.58 bits per heavy atom. The largest absolute Gasteiger partial charge is 0.492 e. The van der Waals surface area contributed by atoms with E-state index in [9.17, 15) is 4.79 Å². The van der Waals surface area contributed by atoms with E-state index in [1.165, 1.54) is 18.7 Å². The molecule has 3 aliphatic rings. The van der Waals surface area contributed by atoms with Crippen molar-refractivity contribution in [2.45, 2.75) is 50.0 Å². The van der Waals surface area contributed by atoms with Crippen molar-refractivity contribution in [2.24, 2.45) is 0 Å². The number of rotatable bonds is 7. The molecule has 2 atom stereocenters. The minimum absolute atomic E-state index is 0.0402. The summed E-state index contributed by atoms with van der Waals surface area (Å²) < 4.78 is 43.6. The Hall–Kier alpha value is -3.58. The molecule has 0 bridgehead atoms. The number of carbonyl (C=O) groups excluding carboxylic acids is 1. The molecule has 198 valence electrons. The normalized spacial score (nSPS) is 20.4. The van der Waals surface area contributed by atoms with Crippen molar-refractivity contribution < 1.29 is 32.9 Å². The molecule has 2 aliphatic heterocycles. The number of benzene rings is 3. The van der Waals surface area contributed by atoms with Gasteiger partial charge in [0.05, 0.1) is 20.1 Å². The summed E-state index contributed by atoms with van der Waals surface area (Å²) in [5.74, 6) is 2.62. The molecule has 0 spiro atoms. The molecule has 1 unspecified atom stereocenters. The lowest BCUT2D eigenvalue weighted by atomic mass is 9.92. The van der Waals surface area contributed by atoms with E-state index in [-0.39, 0.29) is 24.1 Å². The van der Waals surface area contributed by atoms with E-state index in [0.717, 1.165) is 42.9 Å². The molecule has 3 aromatic rings. The second-order valence-electron chi connectivity index (χ2n) is 10.1. The van der Waals surface area contributed by atoms with Crippen molar-refractivity contribution in [3.8, 4) is 23.0 Å². The van der Waals surface area contributed by atoms with Crippen LogP contribution in [0.25, 0.3) is 0 Å². The molecule has 0 radical (unpaired) electrons. The Bertz CT molecular complexity index is 1310. The first-order chi connectivity index (χ1) is 18.6. The molecule has 0 amide bonds.